The Bertz CT molecular complexity index is 706. The van der Waals surface area contributed by atoms with Gasteiger partial charge < -0.3 is 31.3 Å². The average molecular weight is 382 g/mol. The lowest BCUT2D eigenvalue weighted by molar-refractivity contribution is -0.139. The molecule has 1 aromatic rings. The number of aliphatic carboxylic acids is 1. The van der Waals surface area contributed by atoms with Gasteiger partial charge in [-0.15, -0.1) is 0 Å². The number of aliphatic hydroxyl groups excluding tert-OH is 2. The molecule has 0 unspecified atom stereocenters. The quantitative estimate of drug-likeness (QED) is 0.193. The number of nitrogens with two attached hydrogens (primary N) is 2. The number of aromatic nitrogens is 2. The van der Waals surface area contributed by atoms with E-state index in [0.29, 0.717) is 0 Å². The zero-order chi connectivity index (χ0) is 19.2. The van der Waals surface area contributed by atoms with Crippen LogP contribution in [0.15, 0.2) is 4.52 Å². The molecule has 0 aliphatic rings. The van der Waals surface area contributed by atoms with E-state index in [4.69, 9.17) is 31.3 Å². The first-order chi connectivity index (χ1) is 11.6. The minimum absolute atomic E-state index is 0.141. The van der Waals surface area contributed by atoms with E-state index < -0.39 is 59.8 Å². The summed E-state index contributed by atoms with van der Waals surface area (Å²) in [6, 6.07) is -4.23. The Morgan fingerprint density at radius 2 is 1.88 bits per heavy atom. The molecular weight excluding hydrogens is 364 g/mol. The second kappa shape index (κ2) is 8.79. The number of nitrogens with one attached hydrogen (secondary N) is 2. The first-order valence-corrected chi connectivity index (χ1v) is 8.19. The average Bonchev–Trinajstić information content (AvgIpc) is 3.00. The molecule has 0 bridgehead atoms. The normalized spacial score (nSPS) is 15.5. The number of aliphatic hydroxyl groups is 2. The topological polar surface area (TPSA) is 244 Å². The molecule has 0 saturated heterocycles. The molecule has 0 saturated carbocycles. The molecule has 0 fully saturated rings. The molecule has 1 aromatic heterocycles. The second-order valence-corrected chi connectivity index (χ2v) is 6.29. The molecule has 1 rings (SSSR count). The minimum Gasteiger partial charge on any atom is -0.480 e. The third kappa shape index (κ3) is 6.33. The van der Waals surface area contributed by atoms with Crippen molar-refractivity contribution in [1.29, 1.82) is 0 Å². The molecule has 3 atom stereocenters. The fourth-order valence-electron chi connectivity index (χ4n) is 1.58. The maximum Gasteiger partial charge on any atom is 0.324 e. The lowest BCUT2D eigenvalue weighted by Crippen LogP contribution is -2.49. The monoisotopic (exact) mass is 382 g/mol. The Labute approximate surface area is 141 Å². The van der Waals surface area contributed by atoms with E-state index in [1.165, 1.54) is 0 Å². The van der Waals surface area contributed by atoms with Crippen molar-refractivity contribution in [1.82, 2.24) is 19.6 Å². The van der Waals surface area contributed by atoms with E-state index >= 15 is 0 Å². The number of amides is 1. The molecule has 0 spiro atoms. The van der Waals surface area contributed by atoms with Crippen LogP contribution in [0.25, 0.3) is 0 Å². The van der Waals surface area contributed by atoms with Gasteiger partial charge in [-0.1, -0.05) is 5.16 Å². The standard InChI is InChI=1S/C10H18N6O8S/c11-4(2-17)8-13-9(24-14-8)5(1-7(12)19)15-25(22,23)16-6(3-18)10(20)21/h4-6,15-18H,1-3,11H2,(H2,12,19)(H,20,21)/t4-,5-,6-/m0/s1. The van der Waals surface area contributed by atoms with Crippen molar-refractivity contribution in [2.45, 2.75) is 24.5 Å². The van der Waals surface area contributed by atoms with Crippen LogP contribution in [0.5, 0.6) is 0 Å². The molecule has 9 N–H and O–H groups in total. The van der Waals surface area contributed by atoms with Crippen molar-refractivity contribution >= 4 is 22.1 Å². The number of hydrogen-bond acceptors (Lipinski definition) is 10. The smallest absolute Gasteiger partial charge is 0.324 e. The fraction of sp³-hybridized carbons (Fsp3) is 0.600. The van der Waals surface area contributed by atoms with E-state index in [2.05, 4.69) is 10.1 Å². The number of hydrogen-bond donors (Lipinski definition) is 7. The highest BCUT2D eigenvalue weighted by molar-refractivity contribution is 7.87. The summed E-state index contributed by atoms with van der Waals surface area (Å²) in [6.07, 6.45) is -0.590. The Hall–Kier alpha value is -2.17. The highest BCUT2D eigenvalue weighted by atomic mass is 32.2. The van der Waals surface area contributed by atoms with Crippen LogP contribution in [0.1, 0.15) is 30.2 Å². The molecular formula is C10H18N6O8S. The van der Waals surface area contributed by atoms with Gasteiger partial charge in [-0.3, -0.25) is 9.59 Å². The van der Waals surface area contributed by atoms with Gasteiger partial charge in [-0.2, -0.15) is 22.8 Å². The van der Waals surface area contributed by atoms with Crippen molar-refractivity contribution in [2.75, 3.05) is 13.2 Å². The summed E-state index contributed by atoms with van der Waals surface area (Å²) in [6.45, 7) is -1.52. The highest BCUT2D eigenvalue weighted by Gasteiger charge is 2.30. The summed E-state index contributed by atoms with van der Waals surface area (Å²) in [4.78, 5) is 25.7. The van der Waals surface area contributed by atoms with Gasteiger partial charge in [0.1, 0.15) is 12.1 Å². The third-order valence-corrected chi connectivity index (χ3v) is 3.95. The van der Waals surface area contributed by atoms with Gasteiger partial charge in [-0.05, 0) is 0 Å². The summed E-state index contributed by atoms with van der Waals surface area (Å²) in [7, 11) is -4.50. The van der Waals surface area contributed by atoms with E-state index in [9.17, 15) is 18.0 Å². The van der Waals surface area contributed by atoms with Gasteiger partial charge in [0.25, 0.3) is 10.2 Å². The molecule has 15 heteroatoms. The van der Waals surface area contributed by atoms with Crippen LogP contribution in [-0.2, 0) is 19.8 Å². The molecule has 25 heavy (non-hydrogen) atoms. The van der Waals surface area contributed by atoms with Gasteiger partial charge >= 0.3 is 5.97 Å². The molecule has 142 valence electrons. The number of rotatable bonds is 11. The number of carboxylic acids is 1. The largest absolute Gasteiger partial charge is 0.480 e. The Balaban J connectivity index is 3.01. The van der Waals surface area contributed by atoms with Crippen LogP contribution in [-0.4, -0.2) is 65.0 Å². The van der Waals surface area contributed by atoms with Gasteiger partial charge in [0.15, 0.2) is 5.82 Å². The Kier molecular flexibility index (Phi) is 7.34. The predicted molar refractivity (Wildman–Crippen MR) is 78.6 cm³/mol. The minimum atomic E-state index is -4.50. The van der Waals surface area contributed by atoms with Gasteiger partial charge in [-0.25, -0.2) is 0 Å². The van der Waals surface area contributed by atoms with Crippen molar-refractivity contribution in [3.63, 3.8) is 0 Å². The zero-order valence-electron chi connectivity index (χ0n) is 12.7. The van der Waals surface area contributed by atoms with E-state index in [0.717, 1.165) is 0 Å². The van der Waals surface area contributed by atoms with E-state index in [1.807, 2.05) is 4.72 Å². The van der Waals surface area contributed by atoms with Crippen LogP contribution < -0.4 is 20.9 Å². The molecule has 0 aromatic carbocycles. The van der Waals surface area contributed by atoms with E-state index in [1.54, 1.807) is 4.72 Å². The van der Waals surface area contributed by atoms with Crippen molar-refractivity contribution in [3.8, 4) is 0 Å². The first-order valence-electron chi connectivity index (χ1n) is 6.71. The second-order valence-electron chi connectivity index (χ2n) is 4.82. The van der Waals surface area contributed by atoms with Crippen LogP contribution in [0, 0.1) is 0 Å². The van der Waals surface area contributed by atoms with Gasteiger partial charge in [0, 0.05) is 0 Å². The third-order valence-electron chi connectivity index (χ3n) is 2.76. The SMILES string of the molecule is NC(=O)C[C@H](NS(=O)(=O)N[C@@H](CO)C(=O)O)c1nc([C@@H](N)CO)no1. The maximum atomic E-state index is 12.0. The zero-order valence-corrected chi connectivity index (χ0v) is 13.5. The summed E-state index contributed by atoms with van der Waals surface area (Å²) in [5.74, 6) is -3.05. The Morgan fingerprint density at radius 3 is 2.36 bits per heavy atom. The number of nitrogens with zero attached hydrogens (tertiary/aromatic N) is 2. The van der Waals surface area contributed by atoms with Gasteiger partial charge in [0.05, 0.1) is 25.7 Å². The van der Waals surface area contributed by atoms with Crippen LogP contribution >= 0.6 is 0 Å². The summed E-state index contributed by atoms with van der Waals surface area (Å²) in [5.41, 5.74) is 10.5. The summed E-state index contributed by atoms with van der Waals surface area (Å²) in [5, 5.41) is 30.0. The predicted octanol–water partition coefficient (Wildman–Crippen LogP) is -4.15. The molecule has 0 radical (unpaired) electrons. The number of carbonyl (C=O) groups is 2. The molecule has 1 heterocycles. The van der Waals surface area contributed by atoms with Crippen molar-refractivity contribution < 1.29 is 37.8 Å². The van der Waals surface area contributed by atoms with Crippen molar-refractivity contribution in [2.24, 2.45) is 11.5 Å². The summed E-state index contributed by atoms with van der Waals surface area (Å²) >= 11 is 0. The Morgan fingerprint density at radius 1 is 1.24 bits per heavy atom. The highest BCUT2D eigenvalue weighted by Crippen LogP contribution is 2.17. The van der Waals surface area contributed by atoms with Crippen molar-refractivity contribution in [3.05, 3.63) is 11.7 Å². The first kappa shape index (κ1) is 20.9. The number of primary amides is 1. The molecule has 1 amide bonds. The molecule has 0 aliphatic carbocycles. The van der Waals surface area contributed by atoms with Crippen LogP contribution in [0.4, 0.5) is 0 Å². The van der Waals surface area contributed by atoms with Crippen LogP contribution in [0.3, 0.4) is 0 Å². The lowest BCUT2D eigenvalue weighted by atomic mass is 10.2. The maximum absolute atomic E-state index is 12.0. The molecule has 0 aliphatic heterocycles. The fourth-order valence-corrected chi connectivity index (χ4v) is 2.75. The van der Waals surface area contributed by atoms with Gasteiger partial charge in [0.2, 0.25) is 11.8 Å². The number of carboxylic acid groups (broad SMARTS) is 1. The number of carbonyl (C=O) groups excluding carboxylic acids is 1. The van der Waals surface area contributed by atoms with E-state index in [-0.39, 0.29) is 11.7 Å². The summed E-state index contributed by atoms with van der Waals surface area (Å²) < 4.78 is 32.3. The van der Waals surface area contributed by atoms with Crippen LogP contribution in [0.2, 0.25) is 0 Å². The molecule has 14 nitrogen and oxygen atoms in total. The lowest BCUT2D eigenvalue weighted by Gasteiger charge is -2.17.